The van der Waals surface area contributed by atoms with Gasteiger partial charge in [-0.25, -0.2) is 8.42 Å². The van der Waals surface area contributed by atoms with Gasteiger partial charge in [0, 0.05) is 58.9 Å². The number of ether oxygens (including phenoxy) is 2. The van der Waals surface area contributed by atoms with Crippen LogP contribution in [0.4, 0.5) is 0 Å². The SMILES string of the molecule is COc1cc(C)c(S(=O)(=O)N(C)CCOCC(=O)N(C)[C@H]2CCC[C@H](N3CCNCC3)C2)c(C)c1. The van der Waals surface area contributed by atoms with Crippen LogP contribution in [0.5, 0.6) is 5.75 Å². The molecule has 1 aliphatic heterocycles. The average molecular weight is 511 g/mol. The molecule has 35 heavy (non-hydrogen) atoms. The summed E-state index contributed by atoms with van der Waals surface area (Å²) in [5.74, 6) is 0.577. The first kappa shape index (κ1) is 27.9. The van der Waals surface area contributed by atoms with Crippen LogP contribution in [0.2, 0.25) is 0 Å². The Bertz CT molecular complexity index is 942. The second-order valence-corrected chi connectivity index (χ2v) is 11.7. The van der Waals surface area contributed by atoms with Crippen molar-refractivity contribution < 1.29 is 22.7 Å². The van der Waals surface area contributed by atoms with E-state index in [1.807, 2.05) is 11.9 Å². The third kappa shape index (κ3) is 6.95. The highest BCUT2D eigenvalue weighted by Crippen LogP contribution is 2.28. The third-order valence-corrected chi connectivity index (χ3v) is 9.50. The summed E-state index contributed by atoms with van der Waals surface area (Å²) in [6.07, 6.45) is 4.35. The minimum absolute atomic E-state index is 0.0419. The van der Waals surface area contributed by atoms with Crippen LogP contribution in [0.15, 0.2) is 17.0 Å². The van der Waals surface area contributed by atoms with Crippen molar-refractivity contribution in [2.75, 3.05) is 67.1 Å². The first-order valence-electron chi connectivity index (χ1n) is 12.5. The molecule has 0 bridgehead atoms. The summed E-state index contributed by atoms with van der Waals surface area (Å²) in [4.78, 5) is 17.4. The number of aryl methyl sites for hydroxylation is 2. The highest BCUT2D eigenvalue weighted by molar-refractivity contribution is 7.89. The smallest absolute Gasteiger partial charge is 0.248 e. The molecule has 0 aromatic heterocycles. The molecule has 1 heterocycles. The number of amides is 1. The van der Waals surface area contributed by atoms with Crippen LogP contribution in [0.1, 0.15) is 36.8 Å². The molecule has 0 radical (unpaired) electrons. The van der Waals surface area contributed by atoms with E-state index >= 15 is 0 Å². The van der Waals surface area contributed by atoms with Gasteiger partial charge < -0.3 is 19.7 Å². The number of nitrogens with one attached hydrogen (secondary N) is 1. The number of sulfonamides is 1. The molecule has 1 aromatic rings. The van der Waals surface area contributed by atoms with Crippen LogP contribution < -0.4 is 10.1 Å². The predicted octanol–water partition coefficient (Wildman–Crippen LogP) is 1.62. The summed E-state index contributed by atoms with van der Waals surface area (Å²) in [5.41, 5.74) is 1.27. The second-order valence-electron chi connectivity index (χ2n) is 9.73. The zero-order chi connectivity index (χ0) is 25.6. The van der Waals surface area contributed by atoms with E-state index in [9.17, 15) is 13.2 Å². The van der Waals surface area contributed by atoms with Gasteiger partial charge in [0.25, 0.3) is 0 Å². The Morgan fingerprint density at radius 2 is 1.80 bits per heavy atom. The van der Waals surface area contributed by atoms with E-state index < -0.39 is 10.0 Å². The lowest BCUT2D eigenvalue weighted by atomic mass is 9.88. The zero-order valence-electron chi connectivity index (χ0n) is 21.9. The van der Waals surface area contributed by atoms with Gasteiger partial charge in [0.1, 0.15) is 12.4 Å². The van der Waals surface area contributed by atoms with E-state index in [2.05, 4.69) is 10.2 Å². The fourth-order valence-corrected chi connectivity index (χ4v) is 6.80. The van der Waals surface area contributed by atoms with E-state index in [1.165, 1.54) is 17.8 Å². The lowest BCUT2D eigenvalue weighted by Crippen LogP contribution is -2.52. The van der Waals surface area contributed by atoms with Crippen LogP contribution in [-0.4, -0.2) is 108 Å². The van der Waals surface area contributed by atoms with Gasteiger partial charge >= 0.3 is 0 Å². The molecule has 0 spiro atoms. The van der Waals surface area contributed by atoms with Crippen LogP contribution in [0, 0.1) is 13.8 Å². The van der Waals surface area contributed by atoms with Crippen molar-refractivity contribution in [2.45, 2.75) is 56.5 Å². The maximum atomic E-state index is 13.1. The number of rotatable bonds is 10. The summed E-state index contributed by atoms with van der Waals surface area (Å²) in [6, 6.07) is 4.20. The topological polar surface area (TPSA) is 91.4 Å². The van der Waals surface area contributed by atoms with Crippen molar-refractivity contribution in [1.82, 2.24) is 19.4 Å². The molecule has 1 amide bonds. The van der Waals surface area contributed by atoms with Gasteiger partial charge in [0.05, 0.1) is 18.6 Å². The molecule has 2 aliphatic rings. The molecule has 1 N–H and O–H groups in total. The largest absolute Gasteiger partial charge is 0.497 e. The summed E-state index contributed by atoms with van der Waals surface area (Å²) < 4.78 is 38.4. The van der Waals surface area contributed by atoms with Crippen molar-refractivity contribution in [2.24, 2.45) is 0 Å². The van der Waals surface area contributed by atoms with Crippen molar-refractivity contribution in [3.63, 3.8) is 0 Å². The van der Waals surface area contributed by atoms with Crippen molar-refractivity contribution in [3.05, 3.63) is 23.3 Å². The van der Waals surface area contributed by atoms with E-state index in [4.69, 9.17) is 9.47 Å². The molecule has 2 fully saturated rings. The molecule has 1 saturated heterocycles. The van der Waals surface area contributed by atoms with E-state index in [0.29, 0.717) is 22.9 Å². The Hall–Kier alpha value is -1.72. The van der Waals surface area contributed by atoms with E-state index in [0.717, 1.165) is 45.4 Å². The number of carbonyl (C=O) groups excluding carboxylic acids is 1. The lowest BCUT2D eigenvalue weighted by Gasteiger charge is -2.42. The molecule has 1 aromatic carbocycles. The fraction of sp³-hybridized carbons (Fsp3) is 0.720. The zero-order valence-corrected chi connectivity index (χ0v) is 22.7. The van der Waals surface area contributed by atoms with Crippen LogP contribution >= 0.6 is 0 Å². The minimum atomic E-state index is -3.68. The molecule has 2 atom stereocenters. The lowest BCUT2D eigenvalue weighted by molar-refractivity contribution is -0.138. The van der Waals surface area contributed by atoms with Gasteiger partial charge in [-0.3, -0.25) is 9.69 Å². The first-order chi connectivity index (χ1) is 16.6. The summed E-state index contributed by atoms with van der Waals surface area (Å²) in [5, 5.41) is 3.40. The quantitative estimate of drug-likeness (QED) is 0.479. The molecule has 9 nitrogen and oxygen atoms in total. The number of hydrogen-bond donors (Lipinski definition) is 1. The number of carbonyl (C=O) groups is 1. The van der Waals surface area contributed by atoms with Crippen LogP contribution in [0.25, 0.3) is 0 Å². The third-order valence-electron chi connectivity index (χ3n) is 7.34. The minimum Gasteiger partial charge on any atom is -0.497 e. The van der Waals surface area contributed by atoms with Gasteiger partial charge in [-0.05, 0) is 62.8 Å². The monoisotopic (exact) mass is 510 g/mol. The second kappa shape index (κ2) is 12.5. The predicted molar refractivity (Wildman–Crippen MR) is 136 cm³/mol. The molecular formula is C25H42N4O5S. The fourth-order valence-electron chi connectivity index (χ4n) is 5.24. The van der Waals surface area contributed by atoms with Crippen molar-refractivity contribution in [1.29, 1.82) is 0 Å². The number of methoxy groups -OCH3 is 1. The molecule has 1 saturated carbocycles. The molecule has 0 unspecified atom stereocenters. The molecule has 10 heteroatoms. The number of piperazine rings is 1. The van der Waals surface area contributed by atoms with Crippen molar-refractivity contribution in [3.8, 4) is 5.75 Å². The van der Waals surface area contributed by atoms with E-state index in [-0.39, 0.29) is 36.6 Å². The highest BCUT2D eigenvalue weighted by atomic mass is 32.2. The number of hydrogen-bond acceptors (Lipinski definition) is 7. The maximum absolute atomic E-state index is 13.1. The number of likely N-dealkylation sites (N-methyl/N-ethyl adjacent to an activating group) is 2. The van der Waals surface area contributed by atoms with Gasteiger partial charge in [0.15, 0.2) is 0 Å². The number of nitrogens with zero attached hydrogens (tertiary/aromatic N) is 3. The van der Waals surface area contributed by atoms with Gasteiger partial charge in [-0.2, -0.15) is 4.31 Å². The van der Waals surface area contributed by atoms with Crippen LogP contribution in [0.3, 0.4) is 0 Å². The van der Waals surface area contributed by atoms with E-state index in [1.54, 1.807) is 33.1 Å². The molecule has 3 rings (SSSR count). The molecule has 1 aliphatic carbocycles. The Morgan fingerprint density at radius 3 is 2.43 bits per heavy atom. The highest BCUT2D eigenvalue weighted by Gasteiger charge is 2.31. The molecular weight excluding hydrogens is 468 g/mol. The normalized spacial score (nSPS) is 21.8. The Balaban J connectivity index is 1.47. The first-order valence-corrected chi connectivity index (χ1v) is 14.0. The van der Waals surface area contributed by atoms with Crippen molar-refractivity contribution >= 4 is 15.9 Å². The van der Waals surface area contributed by atoms with Gasteiger partial charge in [-0.1, -0.05) is 0 Å². The van der Waals surface area contributed by atoms with Gasteiger partial charge in [0.2, 0.25) is 15.9 Å². The van der Waals surface area contributed by atoms with Crippen LogP contribution in [-0.2, 0) is 19.6 Å². The Morgan fingerprint density at radius 1 is 1.14 bits per heavy atom. The maximum Gasteiger partial charge on any atom is 0.248 e. The average Bonchev–Trinajstić information content (AvgIpc) is 2.85. The van der Waals surface area contributed by atoms with Gasteiger partial charge in [-0.15, -0.1) is 0 Å². The summed E-state index contributed by atoms with van der Waals surface area (Å²) in [6.45, 7) is 8.01. The number of benzene rings is 1. The summed E-state index contributed by atoms with van der Waals surface area (Å²) >= 11 is 0. The standard InChI is InChI=1S/C25H42N4O5S/c1-19-15-23(33-5)16-20(2)25(19)35(31,32)27(3)13-14-34-18-24(30)28(4)21-7-6-8-22(17-21)29-11-9-26-10-12-29/h15-16,21-22,26H,6-14,17-18H2,1-5H3/t21-,22-/m0/s1. The summed E-state index contributed by atoms with van der Waals surface area (Å²) in [7, 11) is 1.28. The molecule has 198 valence electrons. The Kier molecular flexibility index (Phi) is 9.94. The Labute approximate surface area is 210 Å².